The molecule has 0 fully saturated rings. The summed E-state index contributed by atoms with van der Waals surface area (Å²) < 4.78 is 54.1. The number of hydrogen-bond donors (Lipinski definition) is 1. The molecule has 7 nitrogen and oxygen atoms in total. The Morgan fingerprint density at radius 1 is 1.02 bits per heavy atom. The van der Waals surface area contributed by atoms with Crippen LogP contribution in [-0.2, 0) is 17.6 Å². The highest BCUT2D eigenvalue weighted by Crippen LogP contribution is 2.34. The third kappa shape index (κ3) is 7.23. The highest BCUT2D eigenvalue weighted by molar-refractivity contribution is 7.17. The monoisotopic (exact) mass is 620 g/mol. The summed E-state index contributed by atoms with van der Waals surface area (Å²) in [6, 6.07) is 20.4. The topological polar surface area (TPSA) is 102 Å². The Hall–Kier alpha value is -4.77. The van der Waals surface area contributed by atoms with E-state index in [0.717, 1.165) is 11.3 Å². The number of halogens is 3. The van der Waals surface area contributed by atoms with Crippen molar-refractivity contribution in [3.63, 3.8) is 0 Å². The van der Waals surface area contributed by atoms with E-state index in [4.69, 9.17) is 9.15 Å². The third-order valence-electron chi connectivity index (χ3n) is 6.93. The van der Waals surface area contributed by atoms with E-state index < -0.39 is 36.1 Å². The molecule has 3 aromatic carbocycles. The number of carboxylic acid groups (broad SMARTS) is 1. The van der Waals surface area contributed by atoms with Gasteiger partial charge >= 0.3 is 12.1 Å². The number of Topliss-reactive ketones (excluding diaryl/α,β-unsaturated/α-hetero) is 1. The minimum absolute atomic E-state index is 0.0857. The van der Waals surface area contributed by atoms with E-state index in [1.807, 2.05) is 43.3 Å². The molecule has 0 amide bonds. The van der Waals surface area contributed by atoms with Crippen LogP contribution in [-0.4, -0.2) is 46.4 Å². The van der Waals surface area contributed by atoms with Crippen molar-refractivity contribution < 1.29 is 37.0 Å². The van der Waals surface area contributed by atoms with Crippen LogP contribution in [0.15, 0.2) is 93.7 Å². The Morgan fingerprint density at radius 3 is 2.41 bits per heavy atom. The molecule has 226 valence electrons. The molecular weight excluding hydrogens is 593 g/mol. The fourth-order valence-corrected chi connectivity index (χ4v) is 5.62. The highest BCUT2D eigenvalue weighted by atomic mass is 32.1. The van der Waals surface area contributed by atoms with Gasteiger partial charge in [-0.3, -0.25) is 9.79 Å². The number of thiophene rings is 1. The summed E-state index contributed by atoms with van der Waals surface area (Å²) in [4.78, 5) is 32.7. The van der Waals surface area contributed by atoms with E-state index in [1.165, 1.54) is 35.6 Å². The lowest BCUT2D eigenvalue weighted by Crippen LogP contribution is -2.31. The van der Waals surface area contributed by atoms with Gasteiger partial charge in [0, 0.05) is 34.1 Å². The molecule has 1 unspecified atom stereocenters. The highest BCUT2D eigenvalue weighted by Gasteiger charge is 2.38. The largest absolute Gasteiger partial charge is 0.493 e. The maximum Gasteiger partial charge on any atom is 0.429 e. The van der Waals surface area contributed by atoms with Crippen molar-refractivity contribution in [1.82, 2.24) is 4.98 Å². The minimum Gasteiger partial charge on any atom is -0.493 e. The summed E-state index contributed by atoms with van der Waals surface area (Å²) in [5.41, 5.74) is 0.791. The molecule has 2 heterocycles. The predicted octanol–water partition coefficient (Wildman–Crippen LogP) is 7.76. The molecule has 5 rings (SSSR count). The molecule has 0 saturated carbocycles. The van der Waals surface area contributed by atoms with Gasteiger partial charge in [0.05, 0.1) is 18.7 Å². The summed E-state index contributed by atoms with van der Waals surface area (Å²) in [7, 11) is 0. The number of ether oxygens (including phenoxy) is 1. The van der Waals surface area contributed by atoms with Crippen molar-refractivity contribution in [2.45, 2.75) is 38.4 Å². The first kappa shape index (κ1) is 30.7. The molecule has 0 bridgehead atoms. The first-order valence-electron chi connectivity index (χ1n) is 13.7. The Kier molecular flexibility index (Phi) is 9.24. The molecule has 0 aliphatic rings. The van der Waals surface area contributed by atoms with Crippen molar-refractivity contribution in [3.8, 4) is 17.2 Å². The number of aromatic nitrogens is 1. The second-order valence-corrected chi connectivity index (χ2v) is 10.9. The van der Waals surface area contributed by atoms with Gasteiger partial charge in [0.1, 0.15) is 17.2 Å². The SMILES string of the molecule is Cc1oc(-c2ccccc2)nc1CCOc1ccc(CC(N=C(CC(=O)c2ccccc2)C(F)(F)F)C(=O)O)c2sccc12. The molecule has 5 aromatic rings. The average Bonchev–Trinajstić information content (AvgIpc) is 3.65. The van der Waals surface area contributed by atoms with Crippen LogP contribution in [0.25, 0.3) is 21.5 Å². The lowest BCUT2D eigenvalue weighted by molar-refractivity contribution is -0.138. The van der Waals surface area contributed by atoms with Crippen molar-refractivity contribution in [3.05, 3.63) is 107 Å². The number of hydrogen-bond acceptors (Lipinski definition) is 7. The fraction of sp³-hybridized carbons (Fsp3) is 0.212. The Labute approximate surface area is 254 Å². The number of aliphatic imine (C=N–C) groups is 1. The van der Waals surface area contributed by atoms with Gasteiger partial charge < -0.3 is 14.3 Å². The summed E-state index contributed by atoms with van der Waals surface area (Å²) in [5.74, 6) is -0.565. The summed E-state index contributed by atoms with van der Waals surface area (Å²) in [5, 5.41) is 12.3. The van der Waals surface area contributed by atoms with Gasteiger partial charge in [0.15, 0.2) is 11.8 Å². The van der Waals surface area contributed by atoms with Crippen molar-refractivity contribution in [2.75, 3.05) is 6.61 Å². The van der Waals surface area contributed by atoms with Gasteiger partial charge in [-0.05, 0) is 42.1 Å². The molecule has 0 saturated heterocycles. The number of fused-ring (bicyclic) bond motifs is 1. The molecule has 0 aliphatic heterocycles. The van der Waals surface area contributed by atoms with Crippen LogP contribution >= 0.6 is 11.3 Å². The zero-order chi connectivity index (χ0) is 31.3. The summed E-state index contributed by atoms with van der Waals surface area (Å²) in [6.07, 6.45) is -5.85. The van der Waals surface area contributed by atoms with Crippen LogP contribution in [0.4, 0.5) is 13.2 Å². The average molecular weight is 621 g/mol. The van der Waals surface area contributed by atoms with Gasteiger partial charge in [0.2, 0.25) is 5.89 Å². The Morgan fingerprint density at radius 2 is 1.73 bits per heavy atom. The van der Waals surface area contributed by atoms with Gasteiger partial charge in [-0.2, -0.15) is 13.2 Å². The molecule has 0 radical (unpaired) electrons. The van der Waals surface area contributed by atoms with Gasteiger partial charge in [-0.15, -0.1) is 11.3 Å². The number of nitrogens with zero attached hydrogens (tertiary/aromatic N) is 2. The second kappa shape index (κ2) is 13.3. The van der Waals surface area contributed by atoms with Crippen LogP contribution < -0.4 is 4.74 Å². The number of ketones is 1. The first-order chi connectivity index (χ1) is 21.1. The quantitative estimate of drug-likeness (QED) is 0.113. The first-order valence-corrected chi connectivity index (χ1v) is 14.6. The number of carbonyl (C=O) groups excluding carboxylic acids is 1. The molecule has 2 aromatic heterocycles. The summed E-state index contributed by atoms with van der Waals surface area (Å²) in [6.45, 7) is 2.13. The van der Waals surface area contributed by atoms with Crippen LogP contribution in [0.1, 0.15) is 33.8 Å². The van der Waals surface area contributed by atoms with Gasteiger partial charge in [-0.1, -0.05) is 54.6 Å². The Balaban J connectivity index is 1.31. The van der Waals surface area contributed by atoms with Crippen LogP contribution in [0.3, 0.4) is 0 Å². The van der Waals surface area contributed by atoms with Gasteiger partial charge in [-0.25, -0.2) is 9.78 Å². The maximum absolute atomic E-state index is 13.9. The van der Waals surface area contributed by atoms with Crippen molar-refractivity contribution in [1.29, 1.82) is 0 Å². The Bertz CT molecular complexity index is 1800. The standard InChI is InChI=1S/C33H27F3N2O5S/c1-20-25(38-31(43-20)22-10-6-3-7-11-22)14-16-42-28-13-12-23(30-24(28)15-17-44-30)18-26(32(40)41)37-29(33(34,35)36)19-27(39)21-8-4-2-5-9-21/h2-13,15,17,26H,14,16,18-19H2,1H3,(H,40,41). The number of aliphatic carboxylic acids is 1. The lowest BCUT2D eigenvalue weighted by Gasteiger charge is -2.15. The predicted molar refractivity (Wildman–Crippen MR) is 162 cm³/mol. The van der Waals surface area contributed by atoms with Crippen LogP contribution in [0.2, 0.25) is 0 Å². The molecular formula is C33H27F3N2O5S. The maximum atomic E-state index is 13.9. The number of benzene rings is 3. The van der Waals surface area contributed by atoms with E-state index >= 15 is 0 Å². The number of alkyl halides is 3. The minimum atomic E-state index is -4.97. The molecule has 1 N–H and O–H groups in total. The zero-order valence-electron chi connectivity index (χ0n) is 23.5. The number of carbonyl (C=O) groups is 2. The van der Waals surface area contributed by atoms with Gasteiger partial charge in [0.25, 0.3) is 0 Å². The number of oxazole rings is 1. The fourth-order valence-electron chi connectivity index (χ4n) is 4.68. The molecule has 0 spiro atoms. The van der Waals surface area contributed by atoms with E-state index in [9.17, 15) is 27.9 Å². The third-order valence-corrected chi connectivity index (χ3v) is 7.92. The second-order valence-electron chi connectivity index (χ2n) is 9.97. The number of carboxylic acids is 1. The van der Waals surface area contributed by atoms with Crippen molar-refractivity contribution in [2.24, 2.45) is 4.99 Å². The van der Waals surface area contributed by atoms with E-state index in [1.54, 1.807) is 23.6 Å². The van der Waals surface area contributed by atoms with E-state index in [0.29, 0.717) is 46.1 Å². The van der Waals surface area contributed by atoms with Crippen LogP contribution in [0, 0.1) is 6.92 Å². The van der Waals surface area contributed by atoms with Crippen molar-refractivity contribution >= 4 is 38.9 Å². The summed E-state index contributed by atoms with van der Waals surface area (Å²) >= 11 is 1.32. The normalized spacial score (nSPS) is 12.8. The number of rotatable bonds is 12. The smallest absolute Gasteiger partial charge is 0.429 e. The molecule has 1 atom stereocenters. The lowest BCUT2D eigenvalue weighted by atomic mass is 10.0. The van der Waals surface area contributed by atoms with E-state index in [-0.39, 0.29) is 12.0 Å². The molecule has 44 heavy (non-hydrogen) atoms. The van der Waals surface area contributed by atoms with E-state index in [2.05, 4.69) is 9.98 Å². The van der Waals surface area contributed by atoms with Crippen LogP contribution in [0.5, 0.6) is 5.75 Å². The zero-order valence-corrected chi connectivity index (χ0v) is 24.3. The molecule has 11 heteroatoms. The number of aryl methyl sites for hydroxylation is 1. The molecule has 0 aliphatic carbocycles.